The number of benzene rings is 2. The topological polar surface area (TPSA) is 66.5 Å². The molecule has 2 aromatic rings. The Kier molecular flexibility index (Phi) is 5.93. The molecule has 0 fully saturated rings. The molecule has 1 N–H and O–H groups in total. The largest absolute Gasteiger partial charge is 0.351 e. The van der Waals surface area contributed by atoms with E-state index in [9.17, 15) is 17.6 Å². The van der Waals surface area contributed by atoms with Gasteiger partial charge in [0.15, 0.2) is 0 Å². The van der Waals surface area contributed by atoms with Gasteiger partial charge in [-0.15, -0.1) is 0 Å². The van der Waals surface area contributed by atoms with Crippen LogP contribution < -0.4 is 5.32 Å². The van der Waals surface area contributed by atoms with E-state index in [0.717, 1.165) is 4.31 Å². The predicted octanol–water partition coefficient (Wildman–Crippen LogP) is 2.42. The number of rotatable bonds is 6. The van der Waals surface area contributed by atoms with Crippen LogP contribution >= 0.6 is 11.6 Å². The van der Waals surface area contributed by atoms with E-state index in [2.05, 4.69) is 5.32 Å². The minimum Gasteiger partial charge on any atom is -0.351 e. The molecule has 128 valence electrons. The molecule has 2 aromatic carbocycles. The number of halogens is 2. The molecule has 0 radical (unpaired) electrons. The molecule has 0 saturated carbocycles. The highest BCUT2D eigenvalue weighted by Crippen LogP contribution is 2.17. The predicted molar refractivity (Wildman–Crippen MR) is 89.5 cm³/mol. The van der Waals surface area contributed by atoms with Crippen molar-refractivity contribution in [2.24, 2.45) is 0 Å². The molecule has 2 rings (SSSR count). The fourth-order valence-electron chi connectivity index (χ4n) is 1.98. The van der Waals surface area contributed by atoms with Crippen molar-refractivity contribution in [3.63, 3.8) is 0 Å². The van der Waals surface area contributed by atoms with Gasteiger partial charge in [-0.1, -0.05) is 23.7 Å². The second-order valence-electron chi connectivity index (χ2n) is 5.12. The third-order valence-corrected chi connectivity index (χ3v) is 5.34. The van der Waals surface area contributed by atoms with E-state index >= 15 is 0 Å². The molecule has 24 heavy (non-hydrogen) atoms. The van der Waals surface area contributed by atoms with Gasteiger partial charge in [0, 0.05) is 18.6 Å². The third kappa shape index (κ3) is 4.77. The first-order chi connectivity index (χ1) is 11.3. The molecule has 0 aromatic heterocycles. The van der Waals surface area contributed by atoms with Gasteiger partial charge in [-0.3, -0.25) is 4.79 Å². The number of sulfonamides is 1. The zero-order valence-electron chi connectivity index (χ0n) is 12.9. The van der Waals surface area contributed by atoms with Crippen molar-refractivity contribution < 1.29 is 17.6 Å². The first kappa shape index (κ1) is 18.4. The second-order valence-corrected chi connectivity index (χ2v) is 7.60. The lowest BCUT2D eigenvalue weighted by Gasteiger charge is -2.17. The fraction of sp³-hybridized carbons (Fsp3) is 0.188. The quantitative estimate of drug-likeness (QED) is 0.849. The van der Waals surface area contributed by atoms with Crippen LogP contribution in [0, 0.1) is 5.82 Å². The molecule has 0 bridgehead atoms. The number of nitrogens with zero attached hydrogens (tertiary/aromatic N) is 1. The molecule has 0 aliphatic carbocycles. The van der Waals surface area contributed by atoms with Gasteiger partial charge in [-0.05, 0) is 42.0 Å². The minimum absolute atomic E-state index is 0.0485. The molecule has 0 spiro atoms. The van der Waals surface area contributed by atoms with E-state index in [1.54, 1.807) is 6.07 Å². The molecule has 0 heterocycles. The van der Waals surface area contributed by atoms with Gasteiger partial charge < -0.3 is 5.32 Å². The van der Waals surface area contributed by atoms with Crippen molar-refractivity contribution in [1.29, 1.82) is 0 Å². The van der Waals surface area contributed by atoms with E-state index < -0.39 is 21.7 Å². The van der Waals surface area contributed by atoms with Gasteiger partial charge in [0.1, 0.15) is 5.82 Å². The maximum absolute atomic E-state index is 13.1. The average molecular weight is 371 g/mol. The van der Waals surface area contributed by atoms with Crippen molar-refractivity contribution in [3.05, 3.63) is 64.9 Å². The summed E-state index contributed by atoms with van der Waals surface area (Å²) in [6, 6.07) is 11.5. The van der Waals surface area contributed by atoms with Crippen LogP contribution in [0.3, 0.4) is 0 Å². The first-order valence-electron chi connectivity index (χ1n) is 7.02. The number of carbonyl (C=O) groups is 1. The average Bonchev–Trinajstić information content (AvgIpc) is 2.53. The van der Waals surface area contributed by atoms with Crippen LogP contribution in [0.1, 0.15) is 5.56 Å². The minimum atomic E-state index is -3.79. The molecular weight excluding hydrogens is 355 g/mol. The molecule has 0 atom stereocenters. The highest BCUT2D eigenvalue weighted by molar-refractivity contribution is 7.89. The van der Waals surface area contributed by atoms with Gasteiger partial charge in [-0.25, -0.2) is 12.8 Å². The van der Waals surface area contributed by atoms with E-state index in [4.69, 9.17) is 11.6 Å². The Morgan fingerprint density at radius 2 is 1.88 bits per heavy atom. The van der Waals surface area contributed by atoms with Crippen molar-refractivity contribution in [3.8, 4) is 0 Å². The lowest BCUT2D eigenvalue weighted by Crippen LogP contribution is -2.38. The number of hydrogen-bond donors (Lipinski definition) is 1. The van der Waals surface area contributed by atoms with Gasteiger partial charge in [0.25, 0.3) is 0 Å². The van der Waals surface area contributed by atoms with Crippen molar-refractivity contribution in [2.45, 2.75) is 11.4 Å². The number of hydrogen-bond acceptors (Lipinski definition) is 3. The summed E-state index contributed by atoms with van der Waals surface area (Å²) in [5.41, 5.74) is 0.589. The SMILES string of the molecule is CN(CC(=O)NCc1cccc(F)c1)S(=O)(=O)c1ccc(Cl)cc1. The van der Waals surface area contributed by atoms with Crippen molar-refractivity contribution in [2.75, 3.05) is 13.6 Å². The molecule has 8 heteroatoms. The van der Waals surface area contributed by atoms with Crippen molar-refractivity contribution >= 4 is 27.5 Å². The molecule has 0 aliphatic rings. The summed E-state index contributed by atoms with van der Waals surface area (Å²) in [5.74, 6) is -0.886. The van der Waals surface area contributed by atoms with Gasteiger partial charge >= 0.3 is 0 Å². The van der Waals surface area contributed by atoms with E-state index in [1.807, 2.05) is 0 Å². The van der Waals surface area contributed by atoms with Gasteiger partial charge in [0.2, 0.25) is 15.9 Å². The van der Waals surface area contributed by atoms with Gasteiger partial charge in [-0.2, -0.15) is 4.31 Å². The van der Waals surface area contributed by atoms with Crippen LogP contribution in [0.2, 0.25) is 5.02 Å². The summed E-state index contributed by atoms with van der Waals surface area (Å²) in [6.07, 6.45) is 0. The lowest BCUT2D eigenvalue weighted by atomic mass is 10.2. The summed E-state index contributed by atoms with van der Waals surface area (Å²) < 4.78 is 38.7. The Morgan fingerprint density at radius 3 is 2.50 bits per heavy atom. The number of nitrogens with one attached hydrogen (secondary N) is 1. The Balaban J connectivity index is 1.96. The van der Waals surface area contributed by atoms with Crippen LogP contribution in [0.5, 0.6) is 0 Å². The zero-order chi connectivity index (χ0) is 17.7. The number of carbonyl (C=O) groups excluding carboxylic acids is 1. The van der Waals surface area contributed by atoms with Crippen LogP contribution in [0.4, 0.5) is 4.39 Å². The summed E-state index contributed by atoms with van der Waals surface area (Å²) in [7, 11) is -2.48. The second kappa shape index (κ2) is 7.74. The lowest BCUT2D eigenvalue weighted by molar-refractivity contribution is -0.121. The summed E-state index contributed by atoms with van der Waals surface area (Å²) in [4.78, 5) is 12.0. The Hall–Kier alpha value is -1.96. The van der Waals surface area contributed by atoms with E-state index in [-0.39, 0.29) is 18.0 Å². The van der Waals surface area contributed by atoms with Crippen LogP contribution in [-0.2, 0) is 21.4 Å². The number of amides is 1. The van der Waals surface area contributed by atoms with Crippen LogP contribution in [0.25, 0.3) is 0 Å². The summed E-state index contributed by atoms with van der Waals surface area (Å²) in [5, 5.41) is 2.98. The van der Waals surface area contributed by atoms with Crippen LogP contribution in [0.15, 0.2) is 53.4 Å². The highest BCUT2D eigenvalue weighted by atomic mass is 35.5. The molecule has 0 unspecified atom stereocenters. The van der Waals surface area contributed by atoms with Crippen LogP contribution in [-0.4, -0.2) is 32.2 Å². The zero-order valence-corrected chi connectivity index (χ0v) is 14.4. The van der Waals surface area contributed by atoms with Crippen molar-refractivity contribution in [1.82, 2.24) is 9.62 Å². The number of likely N-dealkylation sites (N-methyl/N-ethyl adjacent to an activating group) is 1. The standard InChI is InChI=1S/C16H16ClFN2O3S/c1-20(24(22,23)15-7-5-13(17)6-8-15)11-16(21)19-10-12-3-2-4-14(18)9-12/h2-9H,10-11H2,1H3,(H,19,21). The van der Waals surface area contributed by atoms with E-state index in [1.165, 1.54) is 49.5 Å². The molecule has 0 aliphatic heterocycles. The molecule has 0 saturated heterocycles. The highest BCUT2D eigenvalue weighted by Gasteiger charge is 2.22. The normalized spacial score (nSPS) is 11.5. The molecule has 5 nitrogen and oxygen atoms in total. The first-order valence-corrected chi connectivity index (χ1v) is 8.84. The molecule has 1 amide bonds. The summed E-state index contributed by atoms with van der Waals surface area (Å²) in [6.45, 7) is -0.230. The van der Waals surface area contributed by atoms with E-state index in [0.29, 0.717) is 10.6 Å². The fourth-order valence-corrected chi connectivity index (χ4v) is 3.23. The Bertz CT molecular complexity index is 825. The Morgan fingerprint density at radius 1 is 1.21 bits per heavy atom. The maximum Gasteiger partial charge on any atom is 0.243 e. The maximum atomic E-state index is 13.1. The summed E-state index contributed by atoms with van der Waals surface area (Å²) >= 11 is 5.74. The monoisotopic (exact) mass is 370 g/mol. The van der Waals surface area contributed by atoms with Gasteiger partial charge in [0.05, 0.1) is 11.4 Å². The third-order valence-electron chi connectivity index (χ3n) is 3.27. The smallest absolute Gasteiger partial charge is 0.243 e. The molecular formula is C16H16ClFN2O3S. The Labute approximate surface area is 145 Å².